The topological polar surface area (TPSA) is 96.0 Å². The van der Waals surface area contributed by atoms with E-state index in [1.165, 1.54) is 30.6 Å². The van der Waals surface area contributed by atoms with Crippen molar-refractivity contribution in [2.45, 2.75) is 19.8 Å². The molecular weight excluding hydrogens is 302 g/mol. The van der Waals surface area contributed by atoms with Crippen molar-refractivity contribution in [3.8, 4) is 0 Å². The van der Waals surface area contributed by atoms with Crippen molar-refractivity contribution >= 4 is 34.9 Å². The van der Waals surface area contributed by atoms with Crippen LogP contribution in [0.25, 0.3) is 0 Å². The van der Waals surface area contributed by atoms with E-state index >= 15 is 0 Å². The molecule has 0 spiro atoms. The molecule has 0 aliphatic carbocycles. The second kappa shape index (κ2) is 6.99. The number of urea groups is 1. The molecule has 0 bridgehead atoms. The molecule has 0 saturated heterocycles. The summed E-state index contributed by atoms with van der Waals surface area (Å²) in [5, 5.41) is 7.80. The van der Waals surface area contributed by atoms with Gasteiger partial charge in [-0.3, -0.25) is 15.4 Å². The molecule has 3 amide bonds. The van der Waals surface area contributed by atoms with Crippen LogP contribution in [-0.4, -0.2) is 29.0 Å². The highest BCUT2D eigenvalue weighted by Gasteiger charge is 2.13. The molecule has 0 unspecified atom stereocenters. The van der Waals surface area contributed by atoms with Crippen molar-refractivity contribution in [2.75, 3.05) is 17.7 Å². The highest BCUT2D eigenvalue weighted by Crippen LogP contribution is 2.27. The van der Waals surface area contributed by atoms with Gasteiger partial charge in [-0.1, -0.05) is 13.8 Å². The molecule has 0 aromatic carbocycles. The number of aromatic nitrogens is 2. The first-order chi connectivity index (χ1) is 10.5. The summed E-state index contributed by atoms with van der Waals surface area (Å²) in [5.74, 6) is 0.866. The van der Waals surface area contributed by atoms with Crippen LogP contribution in [0.2, 0.25) is 0 Å². The normalized spacial score (nSPS) is 10.4. The Morgan fingerprint density at radius 1 is 1.23 bits per heavy atom. The van der Waals surface area contributed by atoms with Gasteiger partial charge in [0.2, 0.25) is 0 Å². The molecule has 0 radical (unpaired) electrons. The standard InChI is InChI=1S/C14H17N5O2S/c1-8(2)11-12(17-7-22-11)19-14(21)18-10-6-9(4-5-16-10)13(20)15-3/h4-8H,1-3H3,(H,15,20)(H2,16,18,19,21). The highest BCUT2D eigenvalue weighted by atomic mass is 32.1. The smallest absolute Gasteiger partial charge is 0.326 e. The maximum absolute atomic E-state index is 12.0. The third-order valence-corrected chi connectivity index (χ3v) is 3.97. The van der Waals surface area contributed by atoms with Gasteiger partial charge in [0.05, 0.1) is 10.4 Å². The van der Waals surface area contributed by atoms with Crippen LogP contribution in [0.15, 0.2) is 23.8 Å². The van der Waals surface area contributed by atoms with E-state index < -0.39 is 6.03 Å². The number of nitrogens with one attached hydrogen (secondary N) is 3. The summed E-state index contributed by atoms with van der Waals surface area (Å²) in [5.41, 5.74) is 2.11. The predicted molar refractivity (Wildman–Crippen MR) is 86.5 cm³/mol. The van der Waals surface area contributed by atoms with Gasteiger partial charge in [0, 0.05) is 18.8 Å². The van der Waals surface area contributed by atoms with Crippen LogP contribution in [0.1, 0.15) is 35.0 Å². The van der Waals surface area contributed by atoms with Crippen LogP contribution >= 0.6 is 11.3 Å². The summed E-state index contributed by atoms with van der Waals surface area (Å²) < 4.78 is 0. The zero-order chi connectivity index (χ0) is 16.1. The molecular formula is C14H17N5O2S. The van der Waals surface area contributed by atoms with Crippen LogP contribution < -0.4 is 16.0 Å². The number of hydrogen-bond acceptors (Lipinski definition) is 5. The number of hydrogen-bond donors (Lipinski definition) is 3. The monoisotopic (exact) mass is 319 g/mol. The first-order valence-corrected chi connectivity index (χ1v) is 7.58. The number of carbonyl (C=O) groups is 2. The minimum atomic E-state index is -0.450. The summed E-state index contributed by atoms with van der Waals surface area (Å²) in [6.07, 6.45) is 1.46. The second-order valence-corrected chi connectivity index (χ2v) is 5.69. The molecule has 22 heavy (non-hydrogen) atoms. The minimum absolute atomic E-state index is 0.243. The van der Waals surface area contributed by atoms with Crippen molar-refractivity contribution in [2.24, 2.45) is 0 Å². The van der Waals surface area contributed by atoms with Gasteiger partial charge in [-0.2, -0.15) is 0 Å². The molecule has 2 aromatic heterocycles. The Labute approximate surface area is 132 Å². The van der Waals surface area contributed by atoms with E-state index in [4.69, 9.17) is 0 Å². The Bertz CT molecular complexity index is 683. The van der Waals surface area contributed by atoms with Gasteiger partial charge in [0.25, 0.3) is 5.91 Å². The molecule has 0 atom stereocenters. The molecule has 0 saturated carbocycles. The SMILES string of the molecule is CNC(=O)c1ccnc(NC(=O)Nc2ncsc2C(C)C)c1. The zero-order valence-electron chi connectivity index (χ0n) is 12.5. The van der Waals surface area contributed by atoms with E-state index in [9.17, 15) is 9.59 Å². The lowest BCUT2D eigenvalue weighted by Crippen LogP contribution is -2.22. The predicted octanol–water partition coefficient (Wildman–Crippen LogP) is 2.67. The zero-order valence-corrected chi connectivity index (χ0v) is 13.3. The Kier molecular flexibility index (Phi) is 5.05. The van der Waals surface area contributed by atoms with E-state index in [1.54, 1.807) is 11.6 Å². The molecule has 0 aliphatic heterocycles. The maximum Gasteiger partial charge on any atom is 0.326 e. The van der Waals surface area contributed by atoms with Gasteiger partial charge in [-0.05, 0) is 18.1 Å². The third-order valence-electron chi connectivity index (χ3n) is 2.84. The Hall–Kier alpha value is -2.48. The van der Waals surface area contributed by atoms with Crippen molar-refractivity contribution in [3.05, 3.63) is 34.3 Å². The average Bonchev–Trinajstić information content (AvgIpc) is 2.94. The number of rotatable bonds is 4. The Morgan fingerprint density at radius 3 is 2.68 bits per heavy atom. The van der Waals surface area contributed by atoms with Gasteiger partial charge in [0.1, 0.15) is 11.6 Å². The van der Waals surface area contributed by atoms with E-state index in [0.717, 1.165) is 4.88 Å². The van der Waals surface area contributed by atoms with Crippen molar-refractivity contribution in [1.82, 2.24) is 15.3 Å². The van der Waals surface area contributed by atoms with Gasteiger partial charge >= 0.3 is 6.03 Å². The fourth-order valence-electron chi connectivity index (χ4n) is 1.80. The number of amides is 3. The Balaban J connectivity index is 2.06. The number of nitrogens with zero attached hydrogens (tertiary/aromatic N) is 2. The molecule has 0 aliphatic rings. The fraction of sp³-hybridized carbons (Fsp3) is 0.286. The van der Waals surface area contributed by atoms with Crippen molar-refractivity contribution in [3.63, 3.8) is 0 Å². The van der Waals surface area contributed by atoms with E-state index in [2.05, 4.69) is 25.9 Å². The molecule has 3 N–H and O–H groups in total. The van der Waals surface area contributed by atoms with Crippen LogP contribution in [0.3, 0.4) is 0 Å². The van der Waals surface area contributed by atoms with Crippen molar-refractivity contribution < 1.29 is 9.59 Å². The number of thiazole rings is 1. The third kappa shape index (κ3) is 3.79. The Morgan fingerprint density at radius 2 is 2.00 bits per heavy atom. The van der Waals surface area contributed by atoms with Gasteiger partial charge in [-0.15, -0.1) is 11.3 Å². The maximum atomic E-state index is 12.0. The lowest BCUT2D eigenvalue weighted by molar-refractivity contribution is 0.0963. The van der Waals surface area contributed by atoms with Crippen molar-refractivity contribution in [1.29, 1.82) is 0 Å². The molecule has 0 fully saturated rings. The van der Waals surface area contributed by atoms with Gasteiger partial charge in [0.15, 0.2) is 0 Å². The van der Waals surface area contributed by atoms with E-state index in [0.29, 0.717) is 17.2 Å². The molecule has 2 rings (SSSR count). The second-order valence-electron chi connectivity index (χ2n) is 4.81. The lowest BCUT2D eigenvalue weighted by Gasteiger charge is -2.09. The largest absolute Gasteiger partial charge is 0.355 e. The molecule has 8 heteroatoms. The number of anilines is 2. The number of pyridine rings is 1. The van der Waals surface area contributed by atoms with Crippen LogP contribution in [-0.2, 0) is 0 Å². The van der Waals surface area contributed by atoms with Gasteiger partial charge in [-0.25, -0.2) is 14.8 Å². The fourth-order valence-corrected chi connectivity index (χ4v) is 2.56. The molecule has 2 aromatic rings. The quantitative estimate of drug-likeness (QED) is 0.807. The summed E-state index contributed by atoms with van der Waals surface area (Å²) in [6, 6.07) is 2.62. The first kappa shape index (κ1) is 15.9. The molecule has 7 nitrogen and oxygen atoms in total. The summed E-state index contributed by atoms with van der Waals surface area (Å²) in [7, 11) is 1.54. The van der Waals surface area contributed by atoms with E-state index in [-0.39, 0.29) is 11.8 Å². The molecule has 116 valence electrons. The van der Waals surface area contributed by atoms with Crippen LogP contribution in [0, 0.1) is 0 Å². The summed E-state index contributed by atoms with van der Waals surface area (Å²) in [6.45, 7) is 4.07. The van der Waals surface area contributed by atoms with Gasteiger partial charge < -0.3 is 5.32 Å². The summed E-state index contributed by atoms with van der Waals surface area (Å²) >= 11 is 1.49. The first-order valence-electron chi connectivity index (χ1n) is 6.70. The number of carbonyl (C=O) groups excluding carboxylic acids is 2. The lowest BCUT2D eigenvalue weighted by atomic mass is 10.2. The van der Waals surface area contributed by atoms with E-state index in [1.807, 2.05) is 13.8 Å². The average molecular weight is 319 g/mol. The minimum Gasteiger partial charge on any atom is -0.355 e. The highest BCUT2D eigenvalue weighted by molar-refractivity contribution is 7.10. The summed E-state index contributed by atoms with van der Waals surface area (Å²) in [4.78, 5) is 32.7. The van der Waals surface area contributed by atoms with Crippen LogP contribution in [0.4, 0.5) is 16.4 Å². The van der Waals surface area contributed by atoms with Crippen LogP contribution in [0.5, 0.6) is 0 Å². The molecule has 2 heterocycles.